The van der Waals surface area contributed by atoms with Crippen molar-refractivity contribution >= 4 is 21.6 Å². The Morgan fingerprint density at radius 2 is 1.81 bits per heavy atom. The second-order valence-corrected chi connectivity index (χ2v) is 7.23. The second-order valence-electron chi connectivity index (χ2n) is 5.46. The van der Waals surface area contributed by atoms with Crippen molar-refractivity contribution in [3.63, 3.8) is 0 Å². The van der Waals surface area contributed by atoms with Crippen molar-refractivity contribution in [3.05, 3.63) is 24.3 Å². The summed E-state index contributed by atoms with van der Waals surface area (Å²) in [6, 6.07) is 5.90. The molecule has 116 valence electrons. The van der Waals surface area contributed by atoms with Crippen molar-refractivity contribution in [2.45, 2.75) is 43.1 Å². The average Bonchev–Trinajstić information content (AvgIpc) is 2.84. The van der Waals surface area contributed by atoms with E-state index < -0.39 is 15.6 Å². The molecule has 1 saturated carbocycles. The predicted molar refractivity (Wildman–Crippen MR) is 79.4 cm³/mol. The topological polar surface area (TPSA) is 95.5 Å². The van der Waals surface area contributed by atoms with Crippen LogP contribution in [0.2, 0.25) is 0 Å². The maximum atomic E-state index is 12.2. The standard InChI is InChI=1S/C14H20N2O4S/c1-11(17)16-12-4-6-13(7-5-12)21(19,20)15-10-14(18)8-2-3-9-14/h4-7,15,18H,2-3,8-10H2,1H3,(H,16,17). The smallest absolute Gasteiger partial charge is 0.240 e. The zero-order chi connectivity index (χ0) is 15.5. The van der Waals surface area contributed by atoms with Gasteiger partial charge in [0.05, 0.1) is 10.5 Å². The fourth-order valence-corrected chi connectivity index (χ4v) is 3.56. The van der Waals surface area contributed by atoms with Gasteiger partial charge in [0.25, 0.3) is 0 Å². The number of hydrogen-bond acceptors (Lipinski definition) is 4. The van der Waals surface area contributed by atoms with Crippen LogP contribution < -0.4 is 10.0 Å². The van der Waals surface area contributed by atoms with Crippen LogP contribution in [0, 0.1) is 0 Å². The Labute approximate surface area is 124 Å². The van der Waals surface area contributed by atoms with Crippen molar-refractivity contribution in [3.8, 4) is 0 Å². The molecule has 1 aliphatic rings. The summed E-state index contributed by atoms with van der Waals surface area (Å²) in [5.41, 5.74) is -0.390. The second kappa shape index (κ2) is 6.13. The highest BCUT2D eigenvalue weighted by Gasteiger charge is 2.32. The number of nitrogens with one attached hydrogen (secondary N) is 2. The Hall–Kier alpha value is -1.44. The first-order valence-corrected chi connectivity index (χ1v) is 8.39. The molecule has 6 nitrogen and oxygen atoms in total. The van der Waals surface area contributed by atoms with Crippen molar-refractivity contribution in [1.82, 2.24) is 4.72 Å². The van der Waals surface area contributed by atoms with Gasteiger partial charge in [0, 0.05) is 19.2 Å². The lowest BCUT2D eigenvalue weighted by Crippen LogP contribution is -2.40. The van der Waals surface area contributed by atoms with Crippen LogP contribution in [-0.2, 0) is 14.8 Å². The molecular weight excluding hydrogens is 292 g/mol. The molecule has 0 saturated heterocycles. The summed E-state index contributed by atoms with van der Waals surface area (Å²) in [5, 5.41) is 12.7. The van der Waals surface area contributed by atoms with E-state index in [1.54, 1.807) is 0 Å². The summed E-state index contributed by atoms with van der Waals surface area (Å²) in [6.07, 6.45) is 3.08. The molecule has 0 radical (unpaired) electrons. The zero-order valence-electron chi connectivity index (χ0n) is 11.9. The van der Waals surface area contributed by atoms with Crippen LogP contribution in [0.15, 0.2) is 29.2 Å². The van der Waals surface area contributed by atoms with Crippen LogP contribution in [0.1, 0.15) is 32.6 Å². The zero-order valence-corrected chi connectivity index (χ0v) is 12.7. The van der Waals surface area contributed by atoms with Gasteiger partial charge in [-0.2, -0.15) is 0 Å². The molecular formula is C14H20N2O4S. The van der Waals surface area contributed by atoms with Crippen molar-refractivity contribution in [2.75, 3.05) is 11.9 Å². The van der Waals surface area contributed by atoms with Gasteiger partial charge in [-0.25, -0.2) is 13.1 Å². The third kappa shape index (κ3) is 4.26. The van der Waals surface area contributed by atoms with E-state index in [4.69, 9.17) is 0 Å². The minimum absolute atomic E-state index is 0.0305. The number of carbonyl (C=O) groups excluding carboxylic acids is 1. The Kier molecular flexibility index (Phi) is 4.65. The molecule has 2 rings (SSSR count). The average molecular weight is 312 g/mol. The first-order chi connectivity index (χ1) is 9.81. The summed E-state index contributed by atoms with van der Waals surface area (Å²) in [4.78, 5) is 11.0. The molecule has 1 amide bonds. The van der Waals surface area contributed by atoms with Gasteiger partial charge in [-0.3, -0.25) is 4.79 Å². The van der Waals surface area contributed by atoms with Gasteiger partial charge in [0.15, 0.2) is 0 Å². The maximum Gasteiger partial charge on any atom is 0.240 e. The van der Waals surface area contributed by atoms with Crippen LogP contribution in [0.25, 0.3) is 0 Å². The fourth-order valence-electron chi connectivity index (χ4n) is 2.44. The third-order valence-electron chi connectivity index (χ3n) is 3.61. The lowest BCUT2D eigenvalue weighted by molar-refractivity contribution is -0.114. The molecule has 0 heterocycles. The number of rotatable bonds is 5. The number of carbonyl (C=O) groups is 1. The van der Waals surface area contributed by atoms with E-state index in [0.29, 0.717) is 18.5 Å². The molecule has 21 heavy (non-hydrogen) atoms. The van der Waals surface area contributed by atoms with E-state index >= 15 is 0 Å². The summed E-state index contributed by atoms with van der Waals surface area (Å²) < 4.78 is 26.8. The highest BCUT2D eigenvalue weighted by molar-refractivity contribution is 7.89. The predicted octanol–water partition coefficient (Wildman–Crippen LogP) is 1.23. The number of anilines is 1. The van der Waals surface area contributed by atoms with Gasteiger partial charge in [0.2, 0.25) is 15.9 Å². The van der Waals surface area contributed by atoms with Gasteiger partial charge in [-0.1, -0.05) is 12.8 Å². The monoisotopic (exact) mass is 312 g/mol. The van der Waals surface area contributed by atoms with Gasteiger partial charge >= 0.3 is 0 Å². The van der Waals surface area contributed by atoms with E-state index in [1.165, 1.54) is 31.2 Å². The van der Waals surface area contributed by atoms with Crippen LogP contribution in [-0.4, -0.2) is 31.6 Å². The highest BCUT2D eigenvalue weighted by Crippen LogP contribution is 2.29. The number of aliphatic hydroxyl groups is 1. The number of sulfonamides is 1. The molecule has 1 fully saturated rings. The molecule has 0 aromatic heterocycles. The van der Waals surface area contributed by atoms with Gasteiger partial charge < -0.3 is 10.4 Å². The minimum atomic E-state index is -3.65. The van der Waals surface area contributed by atoms with Gasteiger partial charge in [0.1, 0.15) is 0 Å². The van der Waals surface area contributed by atoms with Crippen LogP contribution >= 0.6 is 0 Å². The van der Waals surface area contributed by atoms with Gasteiger partial charge in [-0.15, -0.1) is 0 Å². The fraction of sp³-hybridized carbons (Fsp3) is 0.500. The molecule has 0 spiro atoms. The molecule has 3 N–H and O–H groups in total. The molecule has 0 aliphatic heterocycles. The Morgan fingerprint density at radius 3 is 2.33 bits per heavy atom. The van der Waals surface area contributed by atoms with Crippen molar-refractivity contribution in [1.29, 1.82) is 0 Å². The van der Waals surface area contributed by atoms with E-state index in [9.17, 15) is 18.3 Å². The van der Waals surface area contributed by atoms with E-state index in [0.717, 1.165) is 12.8 Å². The Bertz CT molecular complexity index is 604. The lowest BCUT2D eigenvalue weighted by Gasteiger charge is -2.22. The molecule has 1 aliphatic carbocycles. The molecule has 0 bridgehead atoms. The van der Waals surface area contributed by atoms with Gasteiger partial charge in [-0.05, 0) is 37.1 Å². The van der Waals surface area contributed by atoms with Crippen molar-refractivity contribution in [2.24, 2.45) is 0 Å². The summed E-state index contributed by atoms with van der Waals surface area (Å²) in [6.45, 7) is 1.41. The summed E-state index contributed by atoms with van der Waals surface area (Å²) in [7, 11) is -3.65. The SMILES string of the molecule is CC(=O)Nc1ccc(S(=O)(=O)NCC2(O)CCCC2)cc1. The Balaban J connectivity index is 2.03. The van der Waals surface area contributed by atoms with Crippen LogP contribution in [0.4, 0.5) is 5.69 Å². The quantitative estimate of drug-likeness (QED) is 0.762. The van der Waals surface area contributed by atoms with E-state index in [2.05, 4.69) is 10.0 Å². The van der Waals surface area contributed by atoms with E-state index in [-0.39, 0.29) is 17.3 Å². The molecule has 0 atom stereocenters. The summed E-state index contributed by atoms with van der Waals surface area (Å²) in [5.74, 6) is -0.216. The molecule has 1 aromatic rings. The maximum absolute atomic E-state index is 12.2. The third-order valence-corrected chi connectivity index (χ3v) is 5.03. The first-order valence-electron chi connectivity index (χ1n) is 6.90. The molecule has 1 aromatic carbocycles. The highest BCUT2D eigenvalue weighted by atomic mass is 32.2. The number of hydrogen-bond donors (Lipinski definition) is 3. The first kappa shape index (κ1) is 15.9. The minimum Gasteiger partial charge on any atom is -0.389 e. The lowest BCUT2D eigenvalue weighted by atomic mass is 10.0. The van der Waals surface area contributed by atoms with Crippen LogP contribution in [0.5, 0.6) is 0 Å². The molecule has 0 unspecified atom stereocenters. The summed E-state index contributed by atoms with van der Waals surface area (Å²) >= 11 is 0. The van der Waals surface area contributed by atoms with Crippen LogP contribution in [0.3, 0.4) is 0 Å². The Morgan fingerprint density at radius 1 is 1.24 bits per heavy atom. The normalized spacial score (nSPS) is 17.6. The largest absolute Gasteiger partial charge is 0.389 e. The number of amides is 1. The van der Waals surface area contributed by atoms with E-state index in [1.807, 2.05) is 0 Å². The van der Waals surface area contributed by atoms with Crippen molar-refractivity contribution < 1.29 is 18.3 Å². The molecule has 7 heteroatoms. The number of benzene rings is 1.